The maximum Gasteiger partial charge on any atom is 0.232 e. The highest BCUT2D eigenvalue weighted by Gasteiger charge is 2.21. The van der Waals surface area contributed by atoms with Crippen LogP contribution in [0.5, 0.6) is 0 Å². The van der Waals surface area contributed by atoms with Crippen molar-refractivity contribution in [3.63, 3.8) is 0 Å². The topological polar surface area (TPSA) is 20.3 Å². The lowest BCUT2D eigenvalue weighted by molar-refractivity contribution is -0.129. The number of halogens is 1. The first kappa shape index (κ1) is 11.4. The van der Waals surface area contributed by atoms with Gasteiger partial charge in [-0.2, -0.15) is 11.8 Å². The van der Waals surface area contributed by atoms with E-state index in [-0.39, 0.29) is 0 Å². The van der Waals surface area contributed by atoms with Crippen LogP contribution in [0, 0.1) is 5.92 Å². The smallest absolute Gasteiger partial charge is 0.232 e. The number of alkyl halides is 1. The Morgan fingerprint density at radius 1 is 1.54 bits per heavy atom. The van der Waals surface area contributed by atoms with Crippen molar-refractivity contribution in [3.05, 3.63) is 0 Å². The second-order valence-electron chi connectivity index (χ2n) is 3.41. The molecule has 0 N–H and O–H groups in total. The molecule has 1 fully saturated rings. The van der Waals surface area contributed by atoms with Gasteiger partial charge < -0.3 is 4.90 Å². The number of hydrogen-bond acceptors (Lipinski definition) is 2. The van der Waals surface area contributed by atoms with E-state index in [1.165, 1.54) is 0 Å². The van der Waals surface area contributed by atoms with Gasteiger partial charge in [-0.05, 0) is 25.0 Å². The average molecular weight is 266 g/mol. The van der Waals surface area contributed by atoms with Crippen LogP contribution >= 0.6 is 27.7 Å². The summed E-state index contributed by atoms with van der Waals surface area (Å²) in [7, 11) is 0. The van der Waals surface area contributed by atoms with Crippen molar-refractivity contribution in [2.24, 2.45) is 5.92 Å². The molecule has 1 rings (SSSR count). The third-order valence-electron chi connectivity index (χ3n) is 2.45. The molecule has 1 heterocycles. The van der Waals surface area contributed by atoms with E-state index in [2.05, 4.69) is 15.9 Å². The van der Waals surface area contributed by atoms with Crippen molar-refractivity contribution in [1.82, 2.24) is 4.90 Å². The van der Waals surface area contributed by atoms with Crippen LogP contribution in [0.1, 0.15) is 12.8 Å². The van der Waals surface area contributed by atoms with Crippen LogP contribution in [0.4, 0.5) is 0 Å². The number of hydrogen-bond donors (Lipinski definition) is 0. The third kappa shape index (κ3) is 3.50. The lowest BCUT2D eigenvalue weighted by Gasteiger charge is -2.31. The number of rotatable bonds is 3. The molecule has 0 aromatic heterocycles. The van der Waals surface area contributed by atoms with Crippen LogP contribution in [0.2, 0.25) is 0 Å². The van der Waals surface area contributed by atoms with Crippen LogP contribution in [0.25, 0.3) is 0 Å². The molecule has 1 aliphatic heterocycles. The van der Waals surface area contributed by atoms with Gasteiger partial charge in [0.1, 0.15) is 0 Å². The minimum Gasteiger partial charge on any atom is -0.342 e. The second kappa shape index (κ2) is 5.91. The Hall–Kier alpha value is 0.300. The van der Waals surface area contributed by atoms with E-state index in [4.69, 9.17) is 0 Å². The van der Waals surface area contributed by atoms with Gasteiger partial charge in [-0.25, -0.2) is 0 Å². The Bertz CT molecular complexity index is 169. The monoisotopic (exact) mass is 265 g/mol. The molecule has 2 nitrogen and oxygen atoms in total. The third-order valence-corrected chi connectivity index (χ3v) is 3.90. The van der Waals surface area contributed by atoms with Gasteiger partial charge in [0.25, 0.3) is 0 Å². The Kier molecular flexibility index (Phi) is 5.17. The predicted octanol–water partition coefficient (Wildman–Crippen LogP) is 1.98. The number of carbonyl (C=O) groups excluding carboxylic acids is 1. The minimum atomic E-state index is 0.306. The van der Waals surface area contributed by atoms with E-state index >= 15 is 0 Å². The van der Waals surface area contributed by atoms with Gasteiger partial charge in [-0.1, -0.05) is 15.9 Å². The standard InChI is InChI=1S/C9H16BrNOS/c1-13-7-9(12)11-4-2-8(6-10)3-5-11/h8H,2-7H2,1H3. The second-order valence-corrected chi connectivity index (χ2v) is 4.92. The summed E-state index contributed by atoms with van der Waals surface area (Å²) in [5, 5.41) is 1.08. The molecule has 0 atom stereocenters. The van der Waals surface area contributed by atoms with Gasteiger partial charge in [-0.15, -0.1) is 0 Å². The predicted molar refractivity (Wildman–Crippen MR) is 61.5 cm³/mol. The van der Waals surface area contributed by atoms with Crippen LogP contribution in [0.3, 0.4) is 0 Å². The molecule has 76 valence electrons. The zero-order chi connectivity index (χ0) is 9.68. The van der Waals surface area contributed by atoms with Gasteiger partial charge in [0.05, 0.1) is 5.75 Å². The van der Waals surface area contributed by atoms with Crippen molar-refractivity contribution in [2.75, 3.05) is 30.4 Å². The highest BCUT2D eigenvalue weighted by Crippen LogP contribution is 2.19. The van der Waals surface area contributed by atoms with E-state index in [0.29, 0.717) is 11.7 Å². The van der Waals surface area contributed by atoms with E-state index in [1.54, 1.807) is 11.8 Å². The fourth-order valence-corrected chi connectivity index (χ4v) is 2.63. The molecule has 0 aliphatic carbocycles. The van der Waals surface area contributed by atoms with Gasteiger partial charge in [0, 0.05) is 18.4 Å². The number of likely N-dealkylation sites (tertiary alicyclic amines) is 1. The summed E-state index contributed by atoms with van der Waals surface area (Å²) in [6.07, 6.45) is 4.29. The first-order valence-corrected chi connectivity index (χ1v) is 7.12. The summed E-state index contributed by atoms with van der Waals surface area (Å²) in [5.41, 5.74) is 0. The zero-order valence-corrected chi connectivity index (χ0v) is 10.4. The molecule has 0 radical (unpaired) electrons. The van der Waals surface area contributed by atoms with Crippen LogP contribution in [-0.4, -0.2) is 41.2 Å². The average Bonchev–Trinajstić information content (AvgIpc) is 2.18. The Labute approximate surface area is 92.6 Å². The molecule has 0 aromatic rings. The van der Waals surface area contributed by atoms with E-state index in [1.807, 2.05) is 11.2 Å². The number of nitrogens with zero attached hydrogens (tertiary/aromatic N) is 1. The highest BCUT2D eigenvalue weighted by molar-refractivity contribution is 9.09. The lowest BCUT2D eigenvalue weighted by Crippen LogP contribution is -2.39. The molecule has 1 saturated heterocycles. The van der Waals surface area contributed by atoms with Crippen LogP contribution in [-0.2, 0) is 4.79 Å². The molecule has 0 saturated carbocycles. The molecule has 0 bridgehead atoms. The minimum absolute atomic E-state index is 0.306. The summed E-state index contributed by atoms with van der Waals surface area (Å²) in [6, 6.07) is 0. The summed E-state index contributed by atoms with van der Waals surface area (Å²) in [4.78, 5) is 13.5. The van der Waals surface area contributed by atoms with Crippen LogP contribution in [0.15, 0.2) is 0 Å². The Morgan fingerprint density at radius 3 is 2.62 bits per heavy atom. The Morgan fingerprint density at radius 2 is 2.15 bits per heavy atom. The van der Waals surface area contributed by atoms with E-state index in [9.17, 15) is 4.79 Å². The fourth-order valence-electron chi connectivity index (χ4n) is 1.55. The SMILES string of the molecule is CSCC(=O)N1CCC(CBr)CC1. The number of carbonyl (C=O) groups is 1. The molecule has 0 aromatic carbocycles. The number of piperidine rings is 1. The molecular formula is C9H16BrNOS. The number of amides is 1. The van der Waals surface area contributed by atoms with Gasteiger partial charge in [0.2, 0.25) is 5.91 Å². The first-order valence-electron chi connectivity index (χ1n) is 4.60. The van der Waals surface area contributed by atoms with E-state index < -0.39 is 0 Å². The zero-order valence-electron chi connectivity index (χ0n) is 7.96. The van der Waals surface area contributed by atoms with Gasteiger partial charge in [0.15, 0.2) is 0 Å². The molecule has 1 aliphatic rings. The summed E-state index contributed by atoms with van der Waals surface area (Å²) < 4.78 is 0. The molecule has 13 heavy (non-hydrogen) atoms. The fraction of sp³-hybridized carbons (Fsp3) is 0.889. The molecule has 0 spiro atoms. The summed E-state index contributed by atoms with van der Waals surface area (Å²) in [5.74, 6) is 1.72. The van der Waals surface area contributed by atoms with Crippen LogP contribution < -0.4 is 0 Å². The maximum absolute atomic E-state index is 11.5. The molecule has 4 heteroatoms. The maximum atomic E-state index is 11.5. The summed E-state index contributed by atoms with van der Waals surface area (Å²) in [6.45, 7) is 1.91. The highest BCUT2D eigenvalue weighted by atomic mass is 79.9. The van der Waals surface area contributed by atoms with Gasteiger partial charge >= 0.3 is 0 Å². The molecule has 0 unspecified atom stereocenters. The largest absolute Gasteiger partial charge is 0.342 e. The van der Waals surface area contributed by atoms with Crippen molar-refractivity contribution in [1.29, 1.82) is 0 Å². The lowest BCUT2D eigenvalue weighted by atomic mass is 9.99. The molecular weight excluding hydrogens is 250 g/mol. The van der Waals surface area contributed by atoms with Crippen molar-refractivity contribution >= 4 is 33.6 Å². The summed E-state index contributed by atoms with van der Waals surface area (Å²) >= 11 is 5.10. The number of thioether (sulfide) groups is 1. The normalized spacial score (nSPS) is 19.1. The van der Waals surface area contributed by atoms with Crippen molar-refractivity contribution in [2.45, 2.75) is 12.8 Å². The Balaban J connectivity index is 2.28. The quantitative estimate of drug-likeness (QED) is 0.728. The molecule has 1 amide bonds. The van der Waals surface area contributed by atoms with Crippen molar-refractivity contribution < 1.29 is 4.79 Å². The van der Waals surface area contributed by atoms with E-state index in [0.717, 1.165) is 37.2 Å². The van der Waals surface area contributed by atoms with Gasteiger partial charge in [-0.3, -0.25) is 4.79 Å². The van der Waals surface area contributed by atoms with Crippen molar-refractivity contribution in [3.8, 4) is 0 Å². The first-order chi connectivity index (χ1) is 6.27.